The molecule has 0 saturated heterocycles. The number of aliphatic hydroxyl groups excluding tert-OH is 1. The van der Waals surface area contributed by atoms with Crippen LogP contribution in [0.5, 0.6) is 0 Å². The molecule has 0 unspecified atom stereocenters. The molecule has 1 radical (unpaired) electrons. The van der Waals surface area contributed by atoms with Gasteiger partial charge in [0.15, 0.2) is 5.78 Å². The van der Waals surface area contributed by atoms with Crippen molar-refractivity contribution in [3.8, 4) is 11.3 Å². The molecule has 0 spiro atoms. The average Bonchev–Trinajstić information content (AvgIpc) is 3.03. The number of carbonyl (C=O) groups is 1. The monoisotopic (exact) mass is 762 g/mol. The van der Waals surface area contributed by atoms with Crippen molar-refractivity contribution in [2.24, 2.45) is 11.8 Å². The molecular weight excluding hydrogens is 721 g/mol. The van der Waals surface area contributed by atoms with Crippen molar-refractivity contribution in [2.75, 3.05) is 4.90 Å². The van der Waals surface area contributed by atoms with Gasteiger partial charge in [-0.05, 0) is 62.4 Å². The van der Waals surface area contributed by atoms with Gasteiger partial charge in [-0.15, -0.1) is 23.8 Å². The average molecular weight is 762 g/mol. The first-order chi connectivity index (χ1) is 20.9. The number of aromatic nitrogens is 1. The number of para-hydroxylation sites is 2. The number of carbonyl (C=O) groups excluding carboxylic acids is 1. The van der Waals surface area contributed by atoms with E-state index in [1.807, 2.05) is 33.8 Å². The Hall–Kier alpha value is -3.79. The molecule has 6 rings (SSSR count). The summed E-state index contributed by atoms with van der Waals surface area (Å²) in [7, 11) is 0. The minimum absolute atomic E-state index is 0. The van der Waals surface area contributed by atoms with E-state index in [-0.39, 0.29) is 43.5 Å². The number of rotatable bonds is 8. The Labute approximate surface area is 275 Å². The van der Waals surface area contributed by atoms with Crippen molar-refractivity contribution in [1.29, 1.82) is 0 Å². The van der Waals surface area contributed by atoms with Crippen molar-refractivity contribution in [1.82, 2.24) is 4.98 Å². The standard InChI is InChI=1S/C26H17N2.C13H24O2.Ir/c1-17-8-5-11-19-16-23-26(27-25(17)19)21-14-6-9-18-10-7-15-22(24(18)21)28(23)20-12-3-2-4-13-20;1-5-10(6-2)12(14)9-13(15)11(7-3)8-4;/h2-13,15-16H,1H3;9-11,14H,5-8H2,1-4H3;/q-1;;/b;12-9-;. The zero-order valence-electron chi connectivity index (χ0n) is 26.2. The Kier molecular flexibility index (Phi) is 11.1. The van der Waals surface area contributed by atoms with Gasteiger partial charge in [-0.25, -0.2) is 0 Å². The summed E-state index contributed by atoms with van der Waals surface area (Å²) in [5.74, 6) is 0.547. The van der Waals surface area contributed by atoms with Crippen LogP contribution in [-0.4, -0.2) is 15.9 Å². The van der Waals surface area contributed by atoms with Gasteiger partial charge in [0.1, 0.15) is 0 Å². The number of pyridine rings is 1. The Balaban J connectivity index is 0.000000239. The van der Waals surface area contributed by atoms with E-state index in [4.69, 9.17) is 4.98 Å². The summed E-state index contributed by atoms with van der Waals surface area (Å²) in [6.45, 7) is 10.2. The number of anilines is 3. The maximum atomic E-state index is 11.7. The maximum Gasteiger partial charge on any atom is 0.162 e. The normalized spacial score (nSPS) is 12.2. The first-order valence-corrected chi connectivity index (χ1v) is 15.5. The number of ketones is 1. The molecule has 0 aliphatic carbocycles. The Morgan fingerprint density at radius 1 is 0.841 bits per heavy atom. The van der Waals surface area contributed by atoms with Crippen LogP contribution in [0.3, 0.4) is 0 Å². The molecule has 1 aliphatic heterocycles. The number of hydrogen-bond acceptors (Lipinski definition) is 4. The molecule has 0 bridgehead atoms. The van der Waals surface area contributed by atoms with Crippen molar-refractivity contribution < 1.29 is 30.0 Å². The second kappa shape index (κ2) is 14.8. The zero-order chi connectivity index (χ0) is 30.5. The van der Waals surface area contributed by atoms with E-state index in [1.165, 1.54) is 28.1 Å². The summed E-state index contributed by atoms with van der Waals surface area (Å²) in [5, 5.41) is 13.3. The number of benzene rings is 4. The van der Waals surface area contributed by atoms with Crippen molar-refractivity contribution in [2.45, 2.75) is 60.3 Å². The predicted octanol–water partition coefficient (Wildman–Crippen LogP) is 10.8. The van der Waals surface area contributed by atoms with Gasteiger partial charge in [0, 0.05) is 66.2 Å². The molecule has 0 amide bonds. The van der Waals surface area contributed by atoms with Gasteiger partial charge in [0.25, 0.3) is 0 Å². The molecule has 2 heterocycles. The molecule has 44 heavy (non-hydrogen) atoms. The van der Waals surface area contributed by atoms with Gasteiger partial charge < -0.3 is 10.0 Å². The number of hydrogen-bond donors (Lipinski definition) is 1. The van der Waals surface area contributed by atoms with Crippen LogP contribution in [-0.2, 0) is 24.9 Å². The van der Waals surface area contributed by atoms with Crippen molar-refractivity contribution >= 4 is 44.5 Å². The third kappa shape index (κ3) is 6.50. The fraction of sp³-hybridized carbons (Fsp3) is 0.282. The predicted molar refractivity (Wildman–Crippen MR) is 180 cm³/mol. The number of nitrogens with zero attached hydrogens (tertiary/aromatic N) is 2. The zero-order valence-corrected chi connectivity index (χ0v) is 28.6. The summed E-state index contributed by atoms with van der Waals surface area (Å²) < 4.78 is 0. The van der Waals surface area contributed by atoms with Gasteiger partial charge in [0.2, 0.25) is 0 Å². The van der Waals surface area contributed by atoms with Crippen LogP contribution in [0.1, 0.15) is 58.9 Å². The van der Waals surface area contributed by atoms with Gasteiger partial charge >= 0.3 is 0 Å². The van der Waals surface area contributed by atoms with E-state index < -0.39 is 0 Å². The van der Waals surface area contributed by atoms with E-state index in [1.54, 1.807) is 0 Å². The number of allylic oxidation sites excluding steroid dienone is 2. The molecule has 5 heteroatoms. The van der Waals surface area contributed by atoms with Crippen LogP contribution in [0.4, 0.5) is 17.1 Å². The van der Waals surface area contributed by atoms with Crippen molar-refractivity contribution in [3.05, 3.63) is 108 Å². The first-order valence-electron chi connectivity index (χ1n) is 15.5. The van der Waals surface area contributed by atoms with Gasteiger partial charge in [-0.2, -0.15) is 0 Å². The third-order valence-corrected chi connectivity index (χ3v) is 8.66. The Morgan fingerprint density at radius 2 is 1.50 bits per heavy atom. The maximum absolute atomic E-state index is 11.7. The summed E-state index contributed by atoms with van der Waals surface area (Å²) in [4.78, 5) is 19.2. The molecule has 1 N–H and O–H groups in total. The van der Waals surface area contributed by atoms with Crippen LogP contribution in [0.25, 0.3) is 32.9 Å². The van der Waals surface area contributed by atoms with Crippen molar-refractivity contribution in [3.63, 3.8) is 0 Å². The van der Waals surface area contributed by atoms with E-state index in [0.29, 0.717) is 0 Å². The van der Waals surface area contributed by atoms with Crippen LogP contribution in [0.15, 0.2) is 96.8 Å². The first kappa shape index (κ1) is 33.1. The number of aliphatic hydroxyl groups is 1. The second-order valence-corrected chi connectivity index (χ2v) is 11.3. The molecule has 4 nitrogen and oxygen atoms in total. The topological polar surface area (TPSA) is 53.4 Å². The Bertz CT molecular complexity index is 1770. The van der Waals surface area contributed by atoms with Crippen LogP contribution < -0.4 is 4.90 Å². The fourth-order valence-corrected chi connectivity index (χ4v) is 6.08. The van der Waals surface area contributed by atoms with Gasteiger partial charge in [0.05, 0.1) is 11.3 Å². The van der Waals surface area contributed by atoms with E-state index >= 15 is 0 Å². The van der Waals surface area contributed by atoms with Gasteiger partial charge in [-0.1, -0.05) is 87.0 Å². The van der Waals surface area contributed by atoms with E-state index in [9.17, 15) is 9.90 Å². The SMILES string of the molecule is CCC(CC)C(=O)/C=C(\O)C(CC)CC.Cc1cccc2cc3c(nc12)-c1[c-]ccc2cccc(c12)N3c1ccccc1.[Ir]. The molecule has 5 aromatic rings. The fourth-order valence-electron chi connectivity index (χ4n) is 6.08. The van der Waals surface area contributed by atoms with Crippen LogP contribution >= 0.6 is 0 Å². The third-order valence-electron chi connectivity index (χ3n) is 8.66. The molecule has 0 atom stereocenters. The smallest absolute Gasteiger partial charge is 0.162 e. The van der Waals surface area contributed by atoms with Crippen LogP contribution in [0.2, 0.25) is 0 Å². The van der Waals surface area contributed by atoms with Gasteiger partial charge in [-0.3, -0.25) is 9.78 Å². The molecule has 4 aromatic carbocycles. The molecule has 0 fully saturated rings. The summed E-state index contributed by atoms with van der Waals surface area (Å²) in [6.07, 6.45) is 4.91. The number of aryl methyl sites for hydroxylation is 1. The molecule has 1 aliphatic rings. The molecule has 0 saturated carbocycles. The molecule has 229 valence electrons. The van der Waals surface area contributed by atoms with E-state index in [2.05, 4.69) is 96.8 Å². The van der Waals surface area contributed by atoms with E-state index in [0.717, 1.165) is 59.2 Å². The quantitative estimate of drug-likeness (QED) is 0.0953. The number of fused-ring (bicyclic) bond motifs is 3. The summed E-state index contributed by atoms with van der Waals surface area (Å²) >= 11 is 0. The summed E-state index contributed by atoms with van der Waals surface area (Å²) in [6, 6.07) is 33.2. The molecule has 1 aromatic heterocycles. The minimum Gasteiger partial charge on any atom is -0.512 e. The summed E-state index contributed by atoms with van der Waals surface area (Å²) in [5.41, 5.74) is 7.75. The molecular formula is C39H41IrN2O2-. The van der Waals surface area contributed by atoms with Crippen LogP contribution in [0, 0.1) is 24.8 Å². The largest absolute Gasteiger partial charge is 0.512 e. The second-order valence-electron chi connectivity index (χ2n) is 11.3. The minimum atomic E-state index is 0. The Morgan fingerprint density at radius 3 is 2.18 bits per heavy atom.